The zero-order chi connectivity index (χ0) is 19.9. The fourth-order valence-corrected chi connectivity index (χ4v) is 2.88. The van der Waals surface area contributed by atoms with Crippen molar-refractivity contribution in [3.63, 3.8) is 0 Å². The Bertz CT molecular complexity index is 946. The van der Waals surface area contributed by atoms with Gasteiger partial charge in [0, 0.05) is 32.0 Å². The molecule has 3 aromatic rings. The van der Waals surface area contributed by atoms with Gasteiger partial charge < -0.3 is 15.4 Å². The fraction of sp³-hybridized carbons (Fsp3) is 0.286. The SMILES string of the molecule is CN=C(NCc1ccc(-n2nc(C)cc2C)nc1)NCc1cccc(OC)c1. The summed E-state index contributed by atoms with van der Waals surface area (Å²) in [5.41, 5.74) is 4.24. The van der Waals surface area contributed by atoms with Crippen molar-refractivity contribution in [2.24, 2.45) is 4.99 Å². The monoisotopic (exact) mass is 378 g/mol. The van der Waals surface area contributed by atoms with Crippen LogP contribution >= 0.6 is 0 Å². The molecule has 2 heterocycles. The van der Waals surface area contributed by atoms with E-state index in [9.17, 15) is 0 Å². The van der Waals surface area contributed by atoms with Crippen molar-refractivity contribution in [1.29, 1.82) is 0 Å². The van der Waals surface area contributed by atoms with Crippen LogP contribution in [0, 0.1) is 13.8 Å². The van der Waals surface area contributed by atoms with Crippen LogP contribution in [0.25, 0.3) is 5.82 Å². The van der Waals surface area contributed by atoms with E-state index in [1.807, 2.05) is 67.2 Å². The third-order valence-corrected chi connectivity index (χ3v) is 4.31. The molecule has 0 aliphatic heterocycles. The number of nitrogens with one attached hydrogen (secondary N) is 2. The summed E-state index contributed by atoms with van der Waals surface area (Å²) in [6.07, 6.45) is 1.86. The van der Waals surface area contributed by atoms with E-state index in [0.29, 0.717) is 13.1 Å². The van der Waals surface area contributed by atoms with Crippen LogP contribution in [0.3, 0.4) is 0 Å². The highest BCUT2D eigenvalue weighted by Gasteiger charge is 2.05. The van der Waals surface area contributed by atoms with Crippen LogP contribution in [0.5, 0.6) is 5.75 Å². The number of rotatable bonds is 6. The smallest absolute Gasteiger partial charge is 0.191 e. The van der Waals surface area contributed by atoms with Gasteiger partial charge in [0.1, 0.15) is 5.75 Å². The molecule has 0 unspecified atom stereocenters. The lowest BCUT2D eigenvalue weighted by molar-refractivity contribution is 0.414. The predicted molar refractivity (Wildman–Crippen MR) is 111 cm³/mol. The Labute approximate surface area is 165 Å². The number of guanidine groups is 1. The van der Waals surface area contributed by atoms with Gasteiger partial charge >= 0.3 is 0 Å². The Hall–Kier alpha value is -3.35. The van der Waals surface area contributed by atoms with Crippen molar-refractivity contribution in [3.05, 3.63) is 71.2 Å². The molecule has 0 aliphatic rings. The molecule has 0 saturated carbocycles. The number of benzene rings is 1. The number of aryl methyl sites for hydroxylation is 2. The third kappa shape index (κ3) is 4.88. The van der Waals surface area contributed by atoms with E-state index in [4.69, 9.17) is 4.74 Å². The molecule has 7 nitrogen and oxygen atoms in total. The summed E-state index contributed by atoms with van der Waals surface area (Å²) in [4.78, 5) is 8.79. The standard InChI is InChI=1S/C21H26N6O/c1-15-10-16(2)27(26-15)20-9-8-18(13-23-20)14-25-21(22-3)24-12-17-6-5-7-19(11-17)28-4/h5-11,13H,12,14H2,1-4H3,(H2,22,24,25). The highest BCUT2D eigenvalue weighted by molar-refractivity contribution is 5.79. The maximum Gasteiger partial charge on any atom is 0.191 e. The number of pyridine rings is 1. The van der Waals surface area contributed by atoms with Gasteiger partial charge in [-0.2, -0.15) is 5.10 Å². The van der Waals surface area contributed by atoms with Crippen LogP contribution in [0.15, 0.2) is 53.7 Å². The average Bonchev–Trinajstić information content (AvgIpc) is 3.06. The summed E-state index contributed by atoms with van der Waals surface area (Å²) in [6.45, 7) is 5.29. The summed E-state index contributed by atoms with van der Waals surface area (Å²) in [6, 6.07) is 14.0. The lowest BCUT2D eigenvalue weighted by Crippen LogP contribution is -2.36. The molecule has 146 valence electrons. The maximum absolute atomic E-state index is 5.26. The second-order valence-electron chi connectivity index (χ2n) is 6.49. The van der Waals surface area contributed by atoms with E-state index >= 15 is 0 Å². The molecule has 3 rings (SSSR count). The molecule has 0 saturated heterocycles. The lowest BCUT2D eigenvalue weighted by Gasteiger charge is -2.13. The molecule has 0 atom stereocenters. The van der Waals surface area contributed by atoms with E-state index in [0.717, 1.165) is 40.0 Å². The van der Waals surface area contributed by atoms with Crippen LogP contribution in [-0.2, 0) is 13.1 Å². The second-order valence-corrected chi connectivity index (χ2v) is 6.49. The summed E-state index contributed by atoms with van der Waals surface area (Å²) in [5, 5.41) is 11.1. The maximum atomic E-state index is 5.26. The van der Waals surface area contributed by atoms with Gasteiger partial charge in [-0.15, -0.1) is 0 Å². The minimum absolute atomic E-state index is 0.627. The van der Waals surface area contributed by atoms with Crippen LogP contribution in [0.4, 0.5) is 0 Å². The normalized spacial score (nSPS) is 11.4. The van der Waals surface area contributed by atoms with Crippen molar-refractivity contribution < 1.29 is 4.74 Å². The molecule has 0 bridgehead atoms. The van der Waals surface area contributed by atoms with Crippen molar-refractivity contribution in [1.82, 2.24) is 25.4 Å². The summed E-state index contributed by atoms with van der Waals surface area (Å²) in [7, 11) is 3.42. The third-order valence-electron chi connectivity index (χ3n) is 4.31. The Morgan fingerprint density at radius 1 is 1.07 bits per heavy atom. The van der Waals surface area contributed by atoms with Crippen LogP contribution in [0.1, 0.15) is 22.5 Å². The highest BCUT2D eigenvalue weighted by atomic mass is 16.5. The van der Waals surface area contributed by atoms with Crippen LogP contribution in [-0.4, -0.2) is 34.9 Å². The minimum Gasteiger partial charge on any atom is -0.497 e. The van der Waals surface area contributed by atoms with Gasteiger partial charge in [-0.05, 0) is 49.2 Å². The van der Waals surface area contributed by atoms with E-state index < -0.39 is 0 Å². The molecular weight excluding hydrogens is 352 g/mol. The molecule has 1 aromatic carbocycles. The van der Waals surface area contributed by atoms with Gasteiger partial charge in [-0.25, -0.2) is 9.67 Å². The molecule has 0 radical (unpaired) electrons. The number of nitrogens with zero attached hydrogens (tertiary/aromatic N) is 4. The number of hydrogen-bond acceptors (Lipinski definition) is 4. The van der Waals surface area contributed by atoms with E-state index in [-0.39, 0.29) is 0 Å². The summed E-state index contributed by atoms with van der Waals surface area (Å²) < 4.78 is 7.11. The van der Waals surface area contributed by atoms with E-state index in [1.165, 1.54) is 0 Å². The van der Waals surface area contributed by atoms with Crippen molar-refractivity contribution in [2.75, 3.05) is 14.2 Å². The molecular formula is C21H26N6O. The fourth-order valence-electron chi connectivity index (χ4n) is 2.88. The number of methoxy groups -OCH3 is 1. The van der Waals surface area contributed by atoms with Gasteiger partial charge in [0.15, 0.2) is 11.8 Å². The lowest BCUT2D eigenvalue weighted by atomic mass is 10.2. The first kappa shape index (κ1) is 19.4. The van der Waals surface area contributed by atoms with Gasteiger partial charge in [-0.3, -0.25) is 4.99 Å². The average molecular weight is 378 g/mol. The molecule has 2 N–H and O–H groups in total. The molecule has 0 spiro atoms. The minimum atomic E-state index is 0.627. The van der Waals surface area contributed by atoms with Gasteiger partial charge in [0.2, 0.25) is 0 Å². The number of aliphatic imine (C=N–C) groups is 1. The molecule has 2 aromatic heterocycles. The van der Waals surface area contributed by atoms with E-state index in [1.54, 1.807) is 14.2 Å². The summed E-state index contributed by atoms with van der Waals surface area (Å²) >= 11 is 0. The number of ether oxygens (including phenoxy) is 1. The van der Waals surface area contributed by atoms with Gasteiger partial charge in [0.25, 0.3) is 0 Å². The molecule has 0 amide bonds. The molecule has 7 heteroatoms. The molecule has 0 fully saturated rings. The summed E-state index contributed by atoms with van der Waals surface area (Å²) in [5.74, 6) is 2.39. The number of aromatic nitrogens is 3. The highest BCUT2D eigenvalue weighted by Crippen LogP contribution is 2.12. The zero-order valence-electron chi connectivity index (χ0n) is 16.7. The first-order valence-electron chi connectivity index (χ1n) is 9.15. The largest absolute Gasteiger partial charge is 0.497 e. The van der Waals surface area contributed by atoms with Crippen molar-refractivity contribution >= 4 is 5.96 Å². The van der Waals surface area contributed by atoms with Gasteiger partial charge in [-0.1, -0.05) is 18.2 Å². The molecule has 28 heavy (non-hydrogen) atoms. The Kier molecular flexibility index (Phi) is 6.26. The quantitative estimate of drug-likeness (QED) is 0.510. The van der Waals surface area contributed by atoms with Crippen molar-refractivity contribution in [3.8, 4) is 11.6 Å². The van der Waals surface area contributed by atoms with Crippen LogP contribution in [0.2, 0.25) is 0 Å². The zero-order valence-corrected chi connectivity index (χ0v) is 16.7. The number of hydrogen-bond donors (Lipinski definition) is 2. The van der Waals surface area contributed by atoms with Crippen molar-refractivity contribution in [2.45, 2.75) is 26.9 Å². The van der Waals surface area contributed by atoms with E-state index in [2.05, 4.69) is 25.7 Å². The first-order chi connectivity index (χ1) is 13.6. The first-order valence-corrected chi connectivity index (χ1v) is 9.15. The predicted octanol–water partition coefficient (Wildman–Crippen LogP) is 2.76. The Balaban J connectivity index is 1.55. The van der Waals surface area contributed by atoms with Crippen LogP contribution < -0.4 is 15.4 Å². The van der Waals surface area contributed by atoms with Gasteiger partial charge in [0.05, 0.1) is 12.8 Å². The Morgan fingerprint density at radius 3 is 2.46 bits per heavy atom. The second kappa shape index (κ2) is 9.03. The topological polar surface area (TPSA) is 76.4 Å². The Morgan fingerprint density at radius 2 is 1.86 bits per heavy atom. The molecule has 0 aliphatic carbocycles.